The van der Waals surface area contributed by atoms with Crippen LogP contribution in [-0.2, 0) is 4.79 Å². The van der Waals surface area contributed by atoms with E-state index in [2.05, 4.69) is 54.8 Å². The predicted octanol–water partition coefficient (Wildman–Crippen LogP) is 5.90. The lowest BCUT2D eigenvalue weighted by Crippen LogP contribution is -2.26. The first kappa shape index (κ1) is 22.8. The molecule has 31 heavy (non-hydrogen) atoms. The molecule has 3 heterocycles. The average molecular weight is 435 g/mol. The summed E-state index contributed by atoms with van der Waals surface area (Å²) in [4.78, 5) is 17.9. The van der Waals surface area contributed by atoms with Crippen LogP contribution in [0.5, 0.6) is 0 Å². The molecule has 5 nitrogen and oxygen atoms in total. The molecule has 2 atom stereocenters. The van der Waals surface area contributed by atoms with E-state index >= 15 is 0 Å². The van der Waals surface area contributed by atoms with Gasteiger partial charge in [0.25, 0.3) is 0 Å². The van der Waals surface area contributed by atoms with Gasteiger partial charge in [-0.15, -0.1) is 21.5 Å². The summed E-state index contributed by atoms with van der Waals surface area (Å²) in [5.41, 5.74) is 2.58. The molecule has 0 saturated carbocycles. The van der Waals surface area contributed by atoms with Crippen molar-refractivity contribution >= 4 is 23.3 Å². The number of aldehydes is 1. The van der Waals surface area contributed by atoms with Gasteiger partial charge in [0.2, 0.25) is 0 Å². The van der Waals surface area contributed by atoms with Crippen LogP contribution in [0.3, 0.4) is 0 Å². The Morgan fingerprint density at radius 2 is 2.03 bits per heavy atom. The maximum atomic E-state index is 11.4. The monoisotopic (exact) mass is 434 g/mol. The van der Waals surface area contributed by atoms with Gasteiger partial charge in [0, 0.05) is 21.9 Å². The molecule has 0 aliphatic carbocycles. The summed E-state index contributed by atoms with van der Waals surface area (Å²) < 4.78 is 2.13. The molecule has 0 aromatic carbocycles. The number of aromatic nitrogens is 3. The van der Waals surface area contributed by atoms with E-state index in [0.29, 0.717) is 6.42 Å². The van der Waals surface area contributed by atoms with Crippen LogP contribution in [0.15, 0.2) is 60.2 Å². The number of carbonyl (C=O) groups is 1. The van der Waals surface area contributed by atoms with E-state index in [1.54, 1.807) is 23.5 Å². The minimum atomic E-state index is -0.312. The van der Waals surface area contributed by atoms with E-state index in [0.717, 1.165) is 39.8 Å². The zero-order chi connectivity index (χ0) is 22.8. The quantitative estimate of drug-likeness (QED) is 0.384. The Kier molecular flexibility index (Phi) is 6.70. The number of hydrogen-bond donors (Lipinski definition) is 0. The van der Waals surface area contributed by atoms with E-state index in [-0.39, 0.29) is 17.4 Å². The number of aliphatic imine (C=N–C) groups is 1. The molecule has 0 radical (unpaired) electrons. The molecule has 0 saturated heterocycles. The van der Waals surface area contributed by atoms with Gasteiger partial charge < -0.3 is 4.79 Å². The van der Waals surface area contributed by atoms with E-state index in [1.165, 1.54) is 4.88 Å². The molecule has 0 amide bonds. The number of fused-ring (bicyclic) bond motifs is 3. The first-order valence-corrected chi connectivity index (χ1v) is 11.2. The van der Waals surface area contributed by atoms with Crippen molar-refractivity contribution in [2.45, 2.75) is 47.1 Å². The Bertz CT molecular complexity index is 1100. The van der Waals surface area contributed by atoms with Crippen LogP contribution < -0.4 is 0 Å². The van der Waals surface area contributed by atoms with Gasteiger partial charge >= 0.3 is 0 Å². The van der Waals surface area contributed by atoms with Gasteiger partial charge in [0.1, 0.15) is 23.2 Å². The maximum Gasteiger partial charge on any atom is 0.163 e. The zero-order valence-electron chi connectivity index (χ0n) is 18.9. The summed E-state index contributed by atoms with van der Waals surface area (Å²) in [6.45, 7) is 18.0. The fourth-order valence-corrected chi connectivity index (χ4v) is 5.22. The van der Waals surface area contributed by atoms with Gasteiger partial charge in [-0.1, -0.05) is 64.3 Å². The molecule has 1 aliphatic rings. The highest BCUT2D eigenvalue weighted by molar-refractivity contribution is 7.15. The van der Waals surface area contributed by atoms with E-state index in [9.17, 15) is 4.79 Å². The van der Waals surface area contributed by atoms with Crippen LogP contribution in [0.4, 0.5) is 0 Å². The zero-order valence-corrected chi connectivity index (χ0v) is 19.7. The van der Waals surface area contributed by atoms with E-state index in [1.807, 2.05) is 32.1 Å². The lowest BCUT2D eigenvalue weighted by atomic mass is 9.77. The van der Waals surface area contributed by atoms with Crippen molar-refractivity contribution in [3.05, 3.63) is 77.3 Å². The molecule has 0 N–H and O–H groups in total. The Balaban J connectivity index is 2.33. The number of rotatable bonds is 8. The highest BCUT2D eigenvalue weighted by Gasteiger charge is 2.39. The first-order chi connectivity index (χ1) is 14.7. The second-order valence-electron chi connectivity index (χ2n) is 8.66. The lowest BCUT2D eigenvalue weighted by molar-refractivity contribution is -0.111. The standard InChI is InChI=1S/C25H30N4OS/c1-8-10-12-19(11-9-2)21-20-13-17(4)31-24(20)29-18(5)27-28-23(29)22(26-21)25(6,7)14-16(3)15-30/h8-13,15-16,22H,1-2,14H2,3-7H3/b12-10-,19-11+. The molecule has 0 fully saturated rings. The van der Waals surface area contributed by atoms with Crippen LogP contribution in [0, 0.1) is 25.2 Å². The Morgan fingerprint density at radius 1 is 1.29 bits per heavy atom. The number of hydrogen-bond acceptors (Lipinski definition) is 5. The van der Waals surface area contributed by atoms with Crippen molar-refractivity contribution in [2.75, 3.05) is 0 Å². The SMILES string of the molecule is C=C/C=C\C(=C/C=C)C1=NC(C(C)(C)CC(C)C=O)c2nnc(C)n2-c2sc(C)cc21. The maximum absolute atomic E-state index is 11.4. The summed E-state index contributed by atoms with van der Waals surface area (Å²) >= 11 is 1.71. The second kappa shape index (κ2) is 9.10. The summed E-state index contributed by atoms with van der Waals surface area (Å²) in [6.07, 6.45) is 11.1. The van der Waals surface area contributed by atoms with Crippen molar-refractivity contribution in [2.24, 2.45) is 16.3 Å². The Hall–Kier alpha value is -2.86. The molecule has 2 aromatic heterocycles. The largest absolute Gasteiger partial charge is 0.303 e. The van der Waals surface area contributed by atoms with Crippen LogP contribution in [0.1, 0.15) is 55.3 Å². The van der Waals surface area contributed by atoms with Crippen molar-refractivity contribution < 1.29 is 4.79 Å². The molecule has 0 spiro atoms. The Labute approximate surface area is 188 Å². The highest BCUT2D eigenvalue weighted by atomic mass is 32.1. The van der Waals surface area contributed by atoms with Crippen LogP contribution in [-0.4, -0.2) is 26.8 Å². The molecule has 162 valence electrons. The molecule has 2 unspecified atom stereocenters. The minimum absolute atomic E-state index is 0.0745. The summed E-state index contributed by atoms with van der Waals surface area (Å²) in [5.74, 6) is 1.56. The topological polar surface area (TPSA) is 60.1 Å². The fourth-order valence-electron chi connectivity index (χ4n) is 4.16. The van der Waals surface area contributed by atoms with Gasteiger partial charge in [-0.25, -0.2) is 0 Å². The fraction of sp³-hybridized carbons (Fsp3) is 0.360. The number of thiophene rings is 1. The number of aryl methyl sites for hydroxylation is 2. The van der Waals surface area contributed by atoms with Gasteiger partial charge in [0.15, 0.2) is 5.82 Å². The summed E-state index contributed by atoms with van der Waals surface area (Å²) in [7, 11) is 0. The van der Waals surface area contributed by atoms with Gasteiger partial charge in [-0.05, 0) is 31.7 Å². The lowest BCUT2D eigenvalue weighted by Gasteiger charge is -2.32. The number of carbonyl (C=O) groups excluding carboxylic acids is 1. The molecule has 2 aromatic rings. The molecule has 3 rings (SSSR count). The third-order valence-electron chi connectivity index (χ3n) is 5.45. The van der Waals surface area contributed by atoms with Gasteiger partial charge in [0.05, 0.1) is 5.71 Å². The third kappa shape index (κ3) is 4.44. The van der Waals surface area contributed by atoms with Crippen LogP contribution >= 0.6 is 11.3 Å². The first-order valence-electron chi connectivity index (χ1n) is 10.4. The van der Waals surface area contributed by atoms with E-state index < -0.39 is 0 Å². The summed E-state index contributed by atoms with van der Waals surface area (Å²) in [5, 5.41) is 10.0. The van der Waals surface area contributed by atoms with Crippen molar-refractivity contribution in [3.63, 3.8) is 0 Å². The number of nitrogens with zero attached hydrogens (tertiary/aromatic N) is 4. The molecule has 0 bridgehead atoms. The van der Waals surface area contributed by atoms with Crippen molar-refractivity contribution in [1.82, 2.24) is 14.8 Å². The van der Waals surface area contributed by atoms with Crippen LogP contribution in [0.2, 0.25) is 0 Å². The molecular weight excluding hydrogens is 404 g/mol. The van der Waals surface area contributed by atoms with E-state index in [4.69, 9.17) is 4.99 Å². The minimum Gasteiger partial charge on any atom is -0.303 e. The second-order valence-corrected chi connectivity index (χ2v) is 9.89. The average Bonchev–Trinajstić information content (AvgIpc) is 3.24. The van der Waals surface area contributed by atoms with Crippen molar-refractivity contribution in [3.8, 4) is 5.00 Å². The summed E-state index contributed by atoms with van der Waals surface area (Å²) in [6, 6.07) is 1.90. The third-order valence-corrected chi connectivity index (χ3v) is 6.49. The number of allylic oxidation sites excluding steroid dienone is 6. The van der Waals surface area contributed by atoms with Gasteiger partial charge in [-0.2, -0.15) is 0 Å². The van der Waals surface area contributed by atoms with Gasteiger partial charge in [-0.3, -0.25) is 9.56 Å². The normalized spacial score (nSPS) is 17.5. The molecular formula is C25H30N4OS. The van der Waals surface area contributed by atoms with Crippen molar-refractivity contribution in [1.29, 1.82) is 0 Å². The Morgan fingerprint density at radius 3 is 2.68 bits per heavy atom. The predicted molar refractivity (Wildman–Crippen MR) is 129 cm³/mol. The molecule has 6 heteroatoms. The molecule has 1 aliphatic heterocycles. The smallest absolute Gasteiger partial charge is 0.163 e. The van der Waals surface area contributed by atoms with Crippen LogP contribution in [0.25, 0.3) is 5.00 Å². The highest BCUT2D eigenvalue weighted by Crippen LogP contribution is 2.45.